The van der Waals surface area contributed by atoms with Gasteiger partial charge in [0, 0.05) is 12.6 Å². The second-order valence-corrected chi connectivity index (χ2v) is 5.92. The summed E-state index contributed by atoms with van der Waals surface area (Å²) in [6, 6.07) is 12.5. The molecule has 2 rings (SSSR count). The minimum Gasteiger partial charge on any atom is -0.336 e. The number of halogens is 2. The second-order valence-electron chi connectivity index (χ2n) is 5.92. The molecule has 0 fully saturated rings. The van der Waals surface area contributed by atoms with Crippen LogP contribution in [0.3, 0.4) is 0 Å². The van der Waals surface area contributed by atoms with Crippen molar-refractivity contribution < 1.29 is 18.4 Å². The van der Waals surface area contributed by atoms with E-state index >= 15 is 0 Å². The molecule has 0 heterocycles. The Balaban J connectivity index is 2.04. The summed E-state index contributed by atoms with van der Waals surface area (Å²) in [5.74, 6) is -2.93. The van der Waals surface area contributed by atoms with Gasteiger partial charge in [-0.15, -0.1) is 0 Å². The van der Waals surface area contributed by atoms with Gasteiger partial charge in [-0.05, 0) is 31.5 Å². The first kappa shape index (κ1) is 18.6. The molecule has 1 N–H and O–H groups in total. The molecule has 0 saturated heterocycles. The first-order chi connectivity index (χ1) is 11.9. The highest BCUT2D eigenvalue weighted by Crippen LogP contribution is 2.18. The van der Waals surface area contributed by atoms with E-state index in [4.69, 9.17) is 0 Å². The molecule has 2 aromatic carbocycles. The number of hydrogen-bond acceptors (Lipinski definition) is 2. The van der Waals surface area contributed by atoms with E-state index < -0.39 is 35.6 Å². The predicted octanol–water partition coefficient (Wildman–Crippen LogP) is 3.73. The number of amides is 2. The Morgan fingerprint density at radius 1 is 1.00 bits per heavy atom. The van der Waals surface area contributed by atoms with E-state index in [2.05, 4.69) is 5.32 Å². The van der Waals surface area contributed by atoms with E-state index in [0.717, 1.165) is 17.7 Å². The maximum Gasteiger partial charge on any atom is 0.233 e. The molecule has 2 aromatic rings. The highest BCUT2D eigenvalue weighted by molar-refractivity contribution is 6.03. The lowest BCUT2D eigenvalue weighted by Crippen LogP contribution is -2.38. The summed E-state index contributed by atoms with van der Waals surface area (Å²) in [4.78, 5) is 26.0. The first-order valence-electron chi connectivity index (χ1n) is 7.95. The summed E-state index contributed by atoms with van der Waals surface area (Å²) in [5.41, 5.74) is 0.393. The van der Waals surface area contributed by atoms with Crippen LogP contribution in [-0.2, 0) is 16.1 Å². The average Bonchev–Trinajstić information content (AvgIpc) is 2.56. The quantitative estimate of drug-likeness (QED) is 0.810. The number of carbonyl (C=O) groups is 2. The van der Waals surface area contributed by atoms with Crippen LogP contribution >= 0.6 is 0 Å². The Morgan fingerprint density at radius 3 is 2.16 bits per heavy atom. The van der Waals surface area contributed by atoms with Crippen molar-refractivity contribution in [2.24, 2.45) is 0 Å². The smallest absolute Gasteiger partial charge is 0.233 e. The standard InChI is InChI=1S/C19H20F2N2O2/c1-13(2)23(12-14-7-4-3-5-8-14)18(25)11-17(24)22-19-15(20)9-6-10-16(19)21/h3-10,13H,11-12H2,1-2H3,(H,22,24). The maximum absolute atomic E-state index is 13.6. The van der Waals surface area contributed by atoms with Gasteiger partial charge in [-0.3, -0.25) is 9.59 Å². The molecular formula is C19H20F2N2O2. The molecule has 132 valence electrons. The van der Waals surface area contributed by atoms with Crippen molar-refractivity contribution in [1.29, 1.82) is 0 Å². The highest BCUT2D eigenvalue weighted by Gasteiger charge is 2.21. The van der Waals surface area contributed by atoms with Gasteiger partial charge >= 0.3 is 0 Å². The zero-order valence-corrected chi connectivity index (χ0v) is 14.1. The fourth-order valence-corrected chi connectivity index (χ4v) is 2.38. The molecule has 0 atom stereocenters. The third kappa shape index (κ3) is 5.11. The van der Waals surface area contributed by atoms with Gasteiger partial charge in [-0.25, -0.2) is 8.78 Å². The highest BCUT2D eigenvalue weighted by atomic mass is 19.1. The lowest BCUT2D eigenvalue weighted by Gasteiger charge is -2.26. The molecule has 0 aliphatic heterocycles. The van der Waals surface area contributed by atoms with Gasteiger partial charge in [0.2, 0.25) is 11.8 Å². The molecule has 0 bridgehead atoms. The van der Waals surface area contributed by atoms with Gasteiger partial charge in [0.25, 0.3) is 0 Å². The van der Waals surface area contributed by atoms with Crippen LogP contribution in [0.5, 0.6) is 0 Å². The minimum absolute atomic E-state index is 0.120. The molecule has 4 nitrogen and oxygen atoms in total. The Kier molecular flexibility index (Phi) is 6.22. The molecule has 25 heavy (non-hydrogen) atoms. The number of rotatable bonds is 6. The molecule has 0 aromatic heterocycles. The number of anilines is 1. The third-order valence-corrected chi connectivity index (χ3v) is 3.68. The maximum atomic E-state index is 13.6. The molecule has 0 aliphatic carbocycles. The van der Waals surface area contributed by atoms with E-state index in [0.29, 0.717) is 6.54 Å². The lowest BCUT2D eigenvalue weighted by molar-refractivity contribution is -0.136. The van der Waals surface area contributed by atoms with Crippen LogP contribution in [0.1, 0.15) is 25.8 Å². The van der Waals surface area contributed by atoms with Crippen LogP contribution in [0.2, 0.25) is 0 Å². The molecule has 6 heteroatoms. The second kappa shape index (κ2) is 8.37. The minimum atomic E-state index is -0.884. The van der Waals surface area contributed by atoms with Crippen LogP contribution < -0.4 is 5.32 Å². The van der Waals surface area contributed by atoms with Crippen molar-refractivity contribution in [2.45, 2.75) is 32.9 Å². The fraction of sp³-hybridized carbons (Fsp3) is 0.263. The summed E-state index contributed by atoms with van der Waals surface area (Å²) in [7, 11) is 0. The number of benzene rings is 2. The van der Waals surface area contributed by atoms with E-state index in [-0.39, 0.29) is 6.04 Å². The summed E-state index contributed by atoms with van der Waals surface area (Å²) in [6.45, 7) is 4.04. The average molecular weight is 346 g/mol. The predicted molar refractivity (Wildman–Crippen MR) is 91.7 cm³/mol. The Labute approximate surface area is 145 Å². The first-order valence-corrected chi connectivity index (χ1v) is 7.95. The largest absolute Gasteiger partial charge is 0.336 e. The zero-order chi connectivity index (χ0) is 18.4. The lowest BCUT2D eigenvalue weighted by atomic mass is 10.1. The number of nitrogens with one attached hydrogen (secondary N) is 1. The van der Waals surface area contributed by atoms with Crippen molar-refractivity contribution in [1.82, 2.24) is 4.90 Å². The number of carbonyl (C=O) groups excluding carboxylic acids is 2. The SMILES string of the molecule is CC(C)N(Cc1ccccc1)C(=O)CC(=O)Nc1c(F)cccc1F. The molecule has 0 saturated carbocycles. The van der Waals surface area contributed by atoms with Crippen LogP contribution in [0.15, 0.2) is 48.5 Å². The molecular weight excluding hydrogens is 326 g/mol. The molecule has 2 amide bonds. The summed E-state index contributed by atoms with van der Waals surface area (Å²) in [5, 5.41) is 2.13. The molecule has 0 spiro atoms. The van der Waals surface area contributed by atoms with Crippen molar-refractivity contribution in [2.75, 3.05) is 5.32 Å². The van der Waals surface area contributed by atoms with Crippen LogP contribution in [-0.4, -0.2) is 22.8 Å². The van der Waals surface area contributed by atoms with E-state index in [1.165, 1.54) is 6.07 Å². The van der Waals surface area contributed by atoms with Crippen LogP contribution in [0.4, 0.5) is 14.5 Å². The Bertz CT molecular complexity index is 728. The van der Waals surface area contributed by atoms with Crippen molar-refractivity contribution in [3.63, 3.8) is 0 Å². The van der Waals surface area contributed by atoms with Gasteiger partial charge in [-0.1, -0.05) is 36.4 Å². The topological polar surface area (TPSA) is 49.4 Å². The summed E-state index contributed by atoms with van der Waals surface area (Å²) in [6.07, 6.45) is -0.487. The van der Waals surface area contributed by atoms with Crippen LogP contribution in [0.25, 0.3) is 0 Å². The fourth-order valence-electron chi connectivity index (χ4n) is 2.38. The normalized spacial score (nSPS) is 10.6. The van der Waals surface area contributed by atoms with Gasteiger partial charge in [0.05, 0.1) is 0 Å². The van der Waals surface area contributed by atoms with Crippen molar-refractivity contribution in [3.05, 3.63) is 65.7 Å². The monoisotopic (exact) mass is 346 g/mol. The van der Waals surface area contributed by atoms with E-state index in [9.17, 15) is 18.4 Å². The number of para-hydroxylation sites is 1. The number of hydrogen-bond donors (Lipinski definition) is 1. The van der Waals surface area contributed by atoms with E-state index in [1.807, 2.05) is 44.2 Å². The van der Waals surface area contributed by atoms with Crippen molar-refractivity contribution >= 4 is 17.5 Å². The summed E-state index contributed by atoms with van der Waals surface area (Å²) < 4.78 is 27.1. The van der Waals surface area contributed by atoms with E-state index in [1.54, 1.807) is 4.90 Å². The molecule has 0 unspecified atom stereocenters. The van der Waals surface area contributed by atoms with Gasteiger partial charge in [-0.2, -0.15) is 0 Å². The van der Waals surface area contributed by atoms with Crippen LogP contribution in [0, 0.1) is 11.6 Å². The zero-order valence-electron chi connectivity index (χ0n) is 14.1. The third-order valence-electron chi connectivity index (χ3n) is 3.68. The molecule has 0 radical (unpaired) electrons. The Hall–Kier alpha value is -2.76. The van der Waals surface area contributed by atoms with Gasteiger partial charge < -0.3 is 10.2 Å². The van der Waals surface area contributed by atoms with Gasteiger partial charge in [0.15, 0.2) is 0 Å². The van der Waals surface area contributed by atoms with Crippen molar-refractivity contribution in [3.8, 4) is 0 Å². The Morgan fingerprint density at radius 2 is 1.60 bits per heavy atom. The summed E-state index contributed by atoms with van der Waals surface area (Å²) >= 11 is 0. The molecule has 0 aliphatic rings. The number of nitrogens with zero attached hydrogens (tertiary/aromatic N) is 1. The van der Waals surface area contributed by atoms with Gasteiger partial charge in [0.1, 0.15) is 23.7 Å².